The van der Waals surface area contributed by atoms with Gasteiger partial charge in [-0.3, -0.25) is 10.1 Å². The zero-order chi connectivity index (χ0) is 12.5. The number of rotatable bonds is 4. The zero-order valence-electron chi connectivity index (χ0n) is 9.77. The van der Waals surface area contributed by atoms with Crippen LogP contribution in [0.15, 0.2) is 10.8 Å². The maximum Gasteiger partial charge on any atom is 0.276 e. The second kappa shape index (κ2) is 4.66. The highest BCUT2D eigenvalue weighted by Gasteiger charge is 2.22. The van der Waals surface area contributed by atoms with Gasteiger partial charge in [0, 0.05) is 16.8 Å². The van der Waals surface area contributed by atoms with E-state index in [1.807, 2.05) is 12.3 Å². The van der Waals surface area contributed by atoms with Crippen molar-refractivity contribution in [2.24, 2.45) is 0 Å². The van der Waals surface area contributed by atoms with Crippen LogP contribution in [0.4, 0.5) is 10.3 Å². The highest BCUT2D eigenvalue weighted by molar-refractivity contribution is 7.14. The molecule has 2 N–H and O–H groups in total. The van der Waals surface area contributed by atoms with Crippen LogP contribution in [-0.4, -0.2) is 21.9 Å². The van der Waals surface area contributed by atoms with Crippen molar-refractivity contribution in [1.29, 1.82) is 0 Å². The molecule has 2 heterocycles. The third-order valence-corrected chi connectivity index (χ3v) is 4.13. The number of nitrogens with one attached hydrogen (secondary N) is 2. The summed E-state index contributed by atoms with van der Waals surface area (Å²) in [5.74, 6) is -0.204. The molecule has 0 aliphatic heterocycles. The molecule has 0 unspecified atom stereocenters. The summed E-state index contributed by atoms with van der Waals surface area (Å²) in [5, 5.41) is 11.1. The molecule has 0 atom stereocenters. The molecule has 5 nitrogen and oxygen atoms in total. The Balaban J connectivity index is 1.65. The number of carbonyl (C=O) groups is 1. The molecular formula is C11H12N4OS2. The summed E-state index contributed by atoms with van der Waals surface area (Å²) in [5.41, 5.74) is 1.35. The van der Waals surface area contributed by atoms with E-state index in [1.165, 1.54) is 35.5 Å². The summed E-state index contributed by atoms with van der Waals surface area (Å²) < 4.78 is 0. The van der Waals surface area contributed by atoms with E-state index in [0.29, 0.717) is 16.9 Å². The summed E-state index contributed by atoms with van der Waals surface area (Å²) in [7, 11) is 0. The number of anilines is 2. The number of nitrogens with zero attached hydrogens (tertiary/aromatic N) is 2. The van der Waals surface area contributed by atoms with Gasteiger partial charge in [-0.15, -0.1) is 22.7 Å². The first kappa shape index (κ1) is 11.6. The minimum Gasteiger partial charge on any atom is -0.359 e. The van der Waals surface area contributed by atoms with Gasteiger partial charge in [-0.05, 0) is 19.8 Å². The minimum atomic E-state index is -0.204. The molecule has 0 bridgehead atoms. The van der Waals surface area contributed by atoms with E-state index in [2.05, 4.69) is 20.6 Å². The fourth-order valence-electron chi connectivity index (χ4n) is 1.42. The van der Waals surface area contributed by atoms with E-state index in [9.17, 15) is 4.79 Å². The third-order valence-electron chi connectivity index (χ3n) is 2.48. The SMILES string of the molecule is Cc1csc(NC(=O)c2csc(NC3CC3)n2)n1. The fraction of sp³-hybridized carbons (Fsp3) is 0.364. The maximum atomic E-state index is 11.9. The molecule has 18 heavy (non-hydrogen) atoms. The van der Waals surface area contributed by atoms with Crippen LogP contribution >= 0.6 is 22.7 Å². The molecule has 7 heteroatoms. The Morgan fingerprint density at radius 1 is 1.28 bits per heavy atom. The van der Waals surface area contributed by atoms with Gasteiger partial charge in [0.1, 0.15) is 5.69 Å². The average molecular weight is 280 g/mol. The number of aryl methyl sites for hydroxylation is 1. The molecule has 3 rings (SSSR count). The molecule has 0 saturated heterocycles. The Kier molecular flexibility index (Phi) is 3.00. The van der Waals surface area contributed by atoms with Gasteiger partial charge in [0.15, 0.2) is 10.3 Å². The highest BCUT2D eigenvalue weighted by atomic mass is 32.1. The molecule has 2 aromatic rings. The Bertz CT molecular complexity index is 573. The largest absolute Gasteiger partial charge is 0.359 e. The van der Waals surface area contributed by atoms with Crippen molar-refractivity contribution in [1.82, 2.24) is 9.97 Å². The lowest BCUT2D eigenvalue weighted by Gasteiger charge is -1.98. The molecule has 1 fully saturated rings. The number of hydrogen-bond donors (Lipinski definition) is 2. The quantitative estimate of drug-likeness (QED) is 0.903. The van der Waals surface area contributed by atoms with Gasteiger partial charge in [0.25, 0.3) is 5.91 Å². The zero-order valence-corrected chi connectivity index (χ0v) is 11.4. The molecule has 1 aliphatic rings. The van der Waals surface area contributed by atoms with E-state index in [1.54, 1.807) is 5.38 Å². The van der Waals surface area contributed by atoms with Crippen molar-refractivity contribution in [3.63, 3.8) is 0 Å². The smallest absolute Gasteiger partial charge is 0.276 e. The molecule has 0 radical (unpaired) electrons. The third kappa shape index (κ3) is 2.68. The van der Waals surface area contributed by atoms with Crippen LogP contribution in [0.2, 0.25) is 0 Å². The van der Waals surface area contributed by atoms with E-state index in [0.717, 1.165) is 10.8 Å². The number of aromatic nitrogens is 2. The van der Waals surface area contributed by atoms with Crippen molar-refractivity contribution in [2.45, 2.75) is 25.8 Å². The Morgan fingerprint density at radius 3 is 2.72 bits per heavy atom. The van der Waals surface area contributed by atoms with Gasteiger partial charge < -0.3 is 5.32 Å². The van der Waals surface area contributed by atoms with E-state index >= 15 is 0 Å². The molecule has 94 valence electrons. The first-order valence-corrected chi connectivity index (χ1v) is 7.42. The van der Waals surface area contributed by atoms with Gasteiger partial charge in [0.2, 0.25) is 0 Å². The van der Waals surface area contributed by atoms with Crippen LogP contribution in [0.1, 0.15) is 29.0 Å². The van der Waals surface area contributed by atoms with Crippen molar-refractivity contribution in [3.05, 3.63) is 22.1 Å². The van der Waals surface area contributed by atoms with Crippen molar-refractivity contribution in [2.75, 3.05) is 10.6 Å². The Labute approximate surface area is 112 Å². The van der Waals surface area contributed by atoms with Gasteiger partial charge in [-0.25, -0.2) is 9.97 Å². The summed E-state index contributed by atoms with van der Waals surface area (Å²) in [4.78, 5) is 20.4. The van der Waals surface area contributed by atoms with Crippen LogP contribution in [0.25, 0.3) is 0 Å². The standard InChI is InChI=1S/C11H12N4OS2/c1-6-4-17-10(12-6)15-9(16)8-5-18-11(14-8)13-7-2-3-7/h4-5,7H,2-3H2,1H3,(H,13,14)(H,12,15,16). The average Bonchev–Trinajstić information content (AvgIpc) is 2.85. The lowest BCUT2D eigenvalue weighted by Crippen LogP contribution is -2.12. The first-order valence-electron chi connectivity index (χ1n) is 5.66. The summed E-state index contributed by atoms with van der Waals surface area (Å²) in [6.45, 7) is 1.90. The van der Waals surface area contributed by atoms with Crippen molar-refractivity contribution < 1.29 is 4.79 Å². The number of amides is 1. The van der Waals surface area contributed by atoms with E-state index < -0.39 is 0 Å². The predicted molar refractivity (Wildman–Crippen MR) is 73.6 cm³/mol. The monoisotopic (exact) mass is 280 g/mol. The van der Waals surface area contributed by atoms with Crippen LogP contribution in [0, 0.1) is 6.92 Å². The van der Waals surface area contributed by atoms with Gasteiger partial charge in [-0.1, -0.05) is 0 Å². The topological polar surface area (TPSA) is 66.9 Å². The number of carbonyl (C=O) groups excluding carboxylic acids is 1. The van der Waals surface area contributed by atoms with Gasteiger partial charge in [-0.2, -0.15) is 0 Å². The number of thiazole rings is 2. The fourth-order valence-corrected chi connectivity index (χ4v) is 2.87. The van der Waals surface area contributed by atoms with Crippen molar-refractivity contribution in [3.8, 4) is 0 Å². The summed E-state index contributed by atoms with van der Waals surface area (Å²) in [6.07, 6.45) is 2.39. The molecular weight excluding hydrogens is 268 g/mol. The lowest BCUT2D eigenvalue weighted by molar-refractivity contribution is 0.102. The molecule has 1 amide bonds. The number of hydrogen-bond acceptors (Lipinski definition) is 6. The predicted octanol–water partition coefficient (Wildman–Crippen LogP) is 2.73. The van der Waals surface area contributed by atoms with Gasteiger partial charge >= 0.3 is 0 Å². The second-order valence-corrected chi connectivity index (χ2v) is 5.92. The Hall–Kier alpha value is -1.47. The lowest BCUT2D eigenvalue weighted by atomic mass is 10.5. The van der Waals surface area contributed by atoms with Crippen LogP contribution < -0.4 is 10.6 Å². The molecule has 2 aromatic heterocycles. The molecule has 0 aromatic carbocycles. The van der Waals surface area contributed by atoms with Crippen LogP contribution in [0.5, 0.6) is 0 Å². The van der Waals surface area contributed by atoms with E-state index in [-0.39, 0.29) is 5.91 Å². The summed E-state index contributed by atoms with van der Waals surface area (Å²) >= 11 is 2.88. The Morgan fingerprint density at radius 2 is 2.06 bits per heavy atom. The van der Waals surface area contributed by atoms with E-state index in [4.69, 9.17) is 0 Å². The maximum absolute atomic E-state index is 11.9. The summed E-state index contributed by atoms with van der Waals surface area (Å²) in [6, 6.07) is 0.550. The van der Waals surface area contributed by atoms with Gasteiger partial charge in [0.05, 0.1) is 5.69 Å². The molecule has 1 saturated carbocycles. The van der Waals surface area contributed by atoms with Crippen LogP contribution in [-0.2, 0) is 0 Å². The van der Waals surface area contributed by atoms with Crippen molar-refractivity contribution >= 4 is 38.8 Å². The highest BCUT2D eigenvalue weighted by Crippen LogP contribution is 2.26. The minimum absolute atomic E-state index is 0.204. The molecule has 0 spiro atoms. The second-order valence-electron chi connectivity index (χ2n) is 4.20. The normalized spacial score (nSPS) is 14.5. The van der Waals surface area contributed by atoms with Crippen LogP contribution in [0.3, 0.4) is 0 Å². The first-order chi connectivity index (χ1) is 8.70. The molecule has 1 aliphatic carbocycles.